The Bertz CT molecular complexity index is 1430. The summed E-state index contributed by atoms with van der Waals surface area (Å²) in [6, 6.07) is 18.7. The molecule has 4 aromatic rings. The summed E-state index contributed by atoms with van der Waals surface area (Å²) in [4.78, 5) is 13.2. The van der Waals surface area contributed by atoms with Crippen molar-refractivity contribution in [2.75, 3.05) is 23.4 Å². The van der Waals surface area contributed by atoms with Gasteiger partial charge < -0.3 is 14.8 Å². The van der Waals surface area contributed by atoms with Crippen LogP contribution < -0.4 is 19.5 Å². The third-order valence-corrected chi connectivity index (χ3v) is 5.72. The van der Waals surface area contributed by atoms with Crippen molar-refractivity contribution >= 4 is 50.5 Å². The second kappa shape index (κ2) is 10.3. The maximum absolute atomic E-state index is 11.4. The molecule has 35 heavy (non-hydrogen) atoms. The standard InChI is InChI=1S/C23H19Cl2N5O4S/c1-33-17-12-6-14(7-13-17)21-27-22(26-15-8-10-16(11-9-15)30-35(2,31)32)29-23(28-21)34-20-18(24)4-3-5-19(20)25/h3-13,30H,1-2H3,(H,26,27,28,29). The lowest BCUT2D eigenvalue weighted by molar-refractivity contribution is 0.415. The number of anilines is 3. The second-order valence-electron chi connectivity index (χ2n) is 7.22. The molecule has 0 fully saturated rings. The van der Waals surface area contributed by atoms with Gasteiger partial charge in [-0.05, 0) is 60.7 Å². The first-order chi connectivity index (χ1) is 16.7. The van der Waals surface area contributed by atoms with Crippen molar-refractivity contribution in [1.82, 2.24) is 15.0 Å². The summed E-state index contributed by atoms with van der Waals surface area (Å²) in [5.41, 5.74) is 1.72. The highest BCUT2D eigenvalue weighted by Gasteiger charge is 2.15. The summed E-state index contributed by atoms with van der Waals surface area (Å²) in [6.45, 7) is 0. The summed E-state index contributed by atoms with van der Waals surface area (Å²) in [5, 5.41) is 3.67. The number of benzene rings is 3. The van der Waals surface area contributed by atoms with E-state index >= 15 is 0 Å². The smallest absolute Gasteiger partial charge is 0.327 e. The molecular weight excluding hydrogens is 513 g/mol. The SMILES string of the molecule is COc1ccc(-c2nc(Nc3ccc(NS(C)(=O)=O)cc3)nc(Oc3c(Cl)cccc3Cl)n2)cc1. The number of ether oxygens (including phenoxy) is 2. The van der Waals surface area contributed by atoms with Crippen LogP contribution in [0.25, 0.3) is 11.4 Å². The Labute approximate surface area is 212 Å². The van der Waals surface area contributed by atoms with E-state index in [1.165, 1.54) is 0 Å². The van der Waals surface area contributed by atoms with E-state index in [-0.39, 0.29) is 17.7 Å². The molecule has 1 aromatic heterocycles. The van der Waals surface area contributed by atoms with Gasteiger partial charge in [-0.3, -0.25) is 4.72 Å². The molecule has 0 unspecified atom stereocenters. The highest BCUT2D eigenvalue weighted by atomic mass is 35.5. The number of nitrogens with zero attached hydrogens (tertiary/aromatic N) is 3. The number of hydrogen-bond acceptors (Lipinski definition) is 8. The van der Waals surface area contributed by atoms with Crippen LogP contribution in [-0.4, -0.2) is 36.7 Å². The Morgan fingerprint density at radius 1 is 0.829 bits per heavy atom. The third kappa shape index (κ3) is 6.50. The van der Waals surface area contributed by atoms with Crippen LogP contribution in [0.5, 0.6) is 17.5 Å². The van der Waals surface area contributed by atoms with Crippen molar-refractivity contribution in [1.29, 1.82) is 0 Å². The van der Waals surface area contributed by atoms with E-state index in [1.807, 2.05) is 0 Å². The van der Waals surface area contributed by atoms with Gasteiger partial charge in [0, 0.05) is 16.9 Å². The van der Waals surface area contributed by atoms with Crippen molar-refractivity contribution < 1.29 is 17.9 Å². The van der Waals surface area contributed by atoms with Gasteiger partial charge in [-0.25, -0.2) is 8.42 Å². The quantitative estimate of drug-likeness (QED) is 0.294. The first-order valence-electron chi connectivity index (χ1n) is 10.1. The molecule has 1 heterocycles. The highest BCUT2D eigenvalue weighted by molar-refractivity contribution is 7.92. The Balaban J connectivity index is 1.69. The van der Waals surface area contributed by atoms with Crippen molar-refractivity contribution in [3.05, 3.63) is 76.8 Å². The second-order valence-corrected chi connectivity index (χ2v) is 9.79. The summed E-state index contributed by atoms with van der Waals surface area (Å²) in [7, 11) is -1.80. The van der Waals surface area contributed by atoms with E-state index < -0.39 is 10.0 Å². The number of halogens is 2. The molecule has 9 nitrogen and oxygen atoms in total. The number of aromatic nitrogens is 3. The van der Waals surface area contributed by atoms with Crippen molar-refractivity contribution in [3.63, 3.8) is 0 Å². The molecule has 180 valence electrons. The van der Waals surface area contributed by atoms with Gasteiger partial charge in [-0.1, -0.05) is 29.3 Å². The molecular formula is C23H19Cl2N5O4S. The normalized spacial score (nSPS) is 11.1. The van der Waals surface area contributed by atoms with Gasteiger partial charge in [0.15, 0.2) is 11.6 Å². The zero-order valence-corrected chi connectivity index (χ0v) is 20.8. The monoisotopic (exact) mass is 531 g/mol. The Morgan fingerprint density at radius 3 is 2.06 bits per heavy atom. The van der Waals surface area contributed by atoms with Gasteiger partial charge in [0.05, 0.1) is 23.4 Å². The average Bonchev–Trinajstić information content (AvgIpc) is 2.82. The van der Waals surface area contributed by atoms with E-state index in [9.17, 15) is 8.42 Å². The van der Waals surface area contributed by atoms with E-state index in [2.05, 4.69) is 25.0 Å². The van der Waals surface area contributed by atoms with Gasteiger partial charge in [0.25, 0.3) is 0 Å². The Morgan fingerprint density at radius 2 is 1.46 bits per heavy atom. The number of hydrogen-bond donors (Lipinski definition) is 2. The lowest BCUT2D eigenvalue weighted by atomic mass is 10.2. The predicted molar refractivity (Wildman–Crippen MR) is 137 cm³/mol. The maximum atomic E-state index is 11.4. The molecule has 4 rings (SSSR count). The molecule has 0 radical (unpaired) electrons. The Kier molecular flexibility index (Phi) is 7.25. The van der Waals surface area contributed by atoms with Gasteiger partial charge in [0.2, 0.25) is 16.0 Å². The van der Waals surface area contributed by atoms with Crippen LogP contribution in [0, 0.1) is 0 Å². The summed E-state index contributed by atoms with van der Waals surface area (Å²) >= 11 is 12.5. The lowest BCUT2D eigenvalue weighted by Gasteiger charge is -2.12. The van der Waals surface area contributed by atoms with E-state index in [1.54, 1.807) is 73.8 Å². The number of sulfonamides is 1. The fraction of sp³-hybridized carbons (Fsp3) is 0.0870. The molecule has 0 saturated carbocycles. The Hall–Kier alpha value is -3.60. The van der Waals surface area contributed by atoms with Gasteiger partial charge in [-0.15, -0.1) is 0 Å². The fourth-order valence-electron chi connectivity index (χ4n) is 2.96. The molecule has 0 amide bonds. The average molecular weight is 532 g/mol. The molecule has 0 aliphatic rings. The number of para-hydroxylation sites is 1. The maximum Gasteiger partial charge on any atom is 0.327 e. The minimum Gasteiger partial charge on any atom is -0.497 e. The van der Waals surface area contributed by atoms with Crippen LogP contribution in [0.1, 0.15) is 0 Å². The van der Waals surface area contributed by atoms with Crippen molar-refractivity contribution in [3.8, 4) is 28.9 Å². The van der Waals surface area contributed by atoms with Crippen LogP contribution in [0.3, 0.4) is 0 Å². The van der Waals surface area contributed by atoms with Crippen molar-refractivity contribution in [2.45, 2.75) is 0 Å². The van der Waals surface area contributed by atoms with Gasteiger partial charge in [-0.2, -0.15) is 15.0 Å². The first-order valence-corrected chi connectivity index (χ1v) is 12.7. The van der Waals surface area contributed by atoms with Crippen LogP contribution >= 0.6 is 23.2 Å². The van der Waals surface area contributed by atoms with Crippen LogP contribution in [0.2, 0.25) is 10.0 Å². The van der Waals surface area contributed by atoms with E-state index in [0.29, 0.717) is 38.6 Å². The number of nitrogens with one attached hydrogen (secondary N) is 2. The fourth-order valence-corrected chi connectivity index (χ4v) is 4.00. The third-order valence-electron chi connectivity index (χ3n) is 4.52. The molecule has 12 heteroatoms. The van der Waals surface area contributed by atoms with Crippen LogP contribution in [-0.2, 0) is 10.0 Å². The first kappa shape index (κ1) is 24.5. The van der Waals surface area contributed by atoms with E-state index in [0.717, 1.165) is 6.26 Å². The molecule has 3 aromatic carbocycles. The molecule has 2 N–H and O–H groups in total. The molecule has 0 spiro atoms. The van der Waals surface area contributed by atoms with Crippen LogP contribution in [0.15, 0.2) is 66.7 Å². The summed E-state index contributed by atoms with van der Waals surface area (Å²) in [5.74, 6) is 1.42. The molecule has 0 saturated heterocycles. The van der Waals surface area contributed by atoms with Gasteiger partial charge >= 0.3 is 6.01 Å². The molecule has 0 bridgehead atoms. The largest absolute Gasteiger partial charge is 0.497 e. The zero-order chi connectivity index (χ0) is 25.0. The minimum absolute atomic E-state index is 0.0290. The molecule has 0 atom stereocenters. The van der Waals surface area contributed by atoms with E-state index in [4.69, 9.17) is 32.7 Å². The molecule has 0 aliphatic heterocycles. The van der Waals surface area contributed by atoms with Gasteiger partial charge in [0.1, 0.15) is 5.75 Å². The summed E-state index contributed by atoms with van der Waals surface area (Å²) in [6.07, 6.45) is 1.08. The lowest BCUT2D eigenvalue weighted by Crippen LogP contribution is -2.09. The summed E-state index contributed by atoms with van der Waals surface area (Å²) < 4.78 is 36.3. The topological polar surface area (TPSA) is 115 Å². The zero-order valence-electron chi connectivity index (χ0n) is 18.5. The predicted octanol–water partition coefficient (Wildman–Crippen LogP) is 5.76. The number of rotatable bonds is 8. The number of methoxy groups -OCH3 is 1. The van der Waals surface area contributed by atoms with Crippen molar-refractivity contribution in [2.24, 2.45) is 0 Å². The highest BCUT2D eigenvalue weighted by Crippen LogP contribution is 2.35. The van der Waals surface area contributed by atoms with Crippen LogP contribution in [0.4, 0.5) is 17.3 Å². The minimum atomic E-state index is -3.38. The molecule has 0 aliphatic carbocycles.